The summed E-state index contributed by atoms with van der Waals surface area (Å²) in [5.74, 6) is -6.10. The van der Waals surface area contributed by atoms with Crippen LogP contribution in [-0.4, -0.2) is 76.1 Å². The Balaban J connectivity index is 0.000000289. The number of alkyl halides is 6. The van der Waals surface area contributed by atoms with Crippen LogP contribution >= 0.6 is 0 Å². The van der Waals surface area contributed by atoms with Crippen molar-refractivity contribution in [2.75, 3.05) is 13.1 Å². The molecule has 5 rings (SSSR count). The molecule has 0 bridgehead atoms. The molecule has 1 fully saturated rings. The minimum Gasteiger partial charge on any atom is -0.475 e. The molecule has 2 unspecified atom stereocenters. The van der Waals surface area contributed by atoms with E-state index in [1.807, 2.05) is 24.4 Å². The van der Waals surface area contributed by atoms with Crippen LogP contribution in [0.2, 0.25) is 0 Å². The maximum Gasteiger partial charge on any atom is 0.490 e. The lowest BCUT2D eigenvalue weighted by Crippen LogP contribution is -2.25. The van der Waals surface area contributed by atoms with Crippen molar-refractivity contribution >= 4 is 21.8 Å². The molecule has 1 saturated heterocycles. The fraction of sp³-hybridized carbons (Fsp3) is 0.280. The lowest BCUT2D eigenvalue weighted by atomic mass is 9.95. The van der Waals surface area contributed by atoms with Crippen LogP contribution in [0.4, 0.5) is 30.7 Å². The van der Waals surface area contributed by atoms with E-state index < -0.39 is 45.3 Å². The fourth-order valence-electron chi connectivity index (χ4n) is 4.33. The summed E-state index contributed by atoms with van der Waals surface area (Å²) in [6, 6.07) is 12.3. The van der Waals surface area contributed by atoms with E-state index in [4.69, 9.17) is 19.8 Å². The Kier molecular flexibility index (Phi) is 9.56. The number of aliphatic carboxylic acids is 2. The van der Waals surface area contributed by atoms with Crippen molar-refractivity contribution in [1.82, 2.24) is 14.9 Å². The molecule has 0 saturated carbocycles. The van der Waals surface area contributed by atoms with Crippen molar-refractivity contribution in [3.63, 3.8) is 0 Å². The van der Waals surface area contributed by atoms with E-state index in [1.165, 1.54) is 12.3 Å². The smallest absolute Gasteiger partial charge is 0.475 e. The largest absolute Gasteiger partial charge is 0.490 e. The zero-order valence-corrected chi connectivity index (χ0v) is 21.8. The molecular formula is C25H20F7N3O6S. The van der Waals surface area contributed by atoms with Crippen molar-refractivity contribution in [3.8, 4) is 11.1 Å². The van der Waals surface area contributed by atoms with E-state index in [9.17, 15) is 39.2 Å². The molecule has 2 aliphatic rings. The zero-order chi connectivity index (χ0) is 31.5. The molecule has 2 aliphatic heterocycles. The Labute approximate surface area is 233 Å². The molecule has 2 atom stereocenters. The molecule has 0 aliphatic carbocycles. The van der Waals surface area contributed by atoms with E-state index in [0.29, 0.717) is 24.5 Å². The number of carboxylic acid groups (broad SMARTS) is 2. The van der Waals surface area contributed by atoms with Crippen LogP contribution < -0.4 is 0 Å². The molecule has 2 N–H and O–H groups in total. The van der Waals surface area contributed by atoms with Gasteiger partial charge >= 0.3 is 24.3 Å². The number of carbonyl (C=O) groups is 2. The minimum atomic E-state index is -5.08. The molecule has 0 radical (unpaired) electrons. The van der Waals surface area contributed by atoms with Crippen LogP contribution in [0.1, 0.15) is 17.0 Å². The quantitative estimate of drug-likeness (QED) is 0.323. The summed E-state index contributed by atoms with van der Waals surface area (Å²) in [6.45, 7) is 1.90. The average molecular weight is 624 g/mol. The number of halogens is 7. The summed E-state index contributed by atoms with van der Waals surface area (Å²) in [6.07, 6.45) is -5.15. The molecule has 0 amide bonds. The second-order valence-electron chi connectivity index (χ2n) is 8.97. The monoisotopic (exact) mass is 623 g/mol. The van der Waals surface area contributed by atoms with Gasteiger partial charge in [0.15, 0.2) is 9.84 Å². The first kappa shape index (κ1) is 32.4. The van der Waals surface area contributed by atoms with Crippen molar-refractivity contribution in [2.45, 2.75) is 35.0 Å². The van der Waals surface area contributed by atoms with Gasteiger partial charge in [-0.2, -0.15) is 30.7 Å². The lowest BCUT2D eigenvalue weighted by Gasteiger charge is -2.17. The Hall–Kier alpha value is -4.12. The fourth-order valence-corrected chi connectivity index (χ4v) is 6.53. The molecule has 9 nitrogen and oxygen atoms in total. The van der Waals surface area contributed by atoms with E-state index in [0.717, 1.165) is 22.3 Å². The number of sulfone groups is 1. The highest BCUT2D eigenvalue weighted by Crippen LogP contribution is 2.46. The van der Waals surface area contributed by atoms with Gasteiger partial charge in [0, 0.05) is 49.7 Å². The number of hydrogen-bond donors (Lipinski definition) is 2. The Morgan fingerprint density at radius 1 is 0.905 bits per heavy atom. The number of carboxylic acids is 2. The van der Waals surface area contributed by atoms with Gasteiger partial charge in [-0.25, -0.2) is 23.0 Å². The molecule has 3 aromatic rings. The molecule has 1 aromatic carbocycles. The summed E-state index contributed by atoms with van der Waals surface area (Å²) < 4.78 is 103. The van der Waals surface area contributed by atoms with Crippen molar-refractivity contribution in [3.05, 3.63) is 78.1 Å². The van der Waals surface area contributed by atoms with Gasteiger partial charge in [0.25, 0.3) is 0 Å². The van der Waals surface area contributed by atoms with Crippen LogP contribution in [0.25, 0.3) is 11.1 Å². The second-order valence-corrected chi connectivity index (χ2v) is 11.1. The van der Waals surface area contributed by atoms with Gasteiger partial charge in [-0.15, -0.1) is 0 Å². The third-order valence-corrected chi connectivity index (χ3v) is 8.39. The van der Waals surface area contributed by atoms with Gasteiger partial charge in [0.05, 0.1) is 10.1 Å². The highest BCUT2D eigenvalue weighted by Gasteiger charge is 2.50. The molecule has 4 heterocycles. The highest BCUT2D eigenvalue weighted by molar-refractivity contribution is 7.92. The van der Waals surface area contributed by atoms with Gasteiger partial charge in [-0.1, -0.05) is 12.1 Å². The van der Waals surface area contributed by atoms with Crippen molar-refractivity contribution in [2.24, 2.45) is 0 Å². The third-order valence-electron chi connectivity index (χ3n) is 6.13. The van der Waals surface area contributed by atoms with Crippen LogP contribution in [0.15, 0.2) is 66.0 Å². The standard InChI is InChI=1S/C21H18FN3O2S.2C2HF3O2/c22-21-6-4-16(10-24-21)15-3-5-19-17(8-15)18-12-25(13-20(18)28(19,26)27)11-14-2-1-7-23-9-14;2*3-2(4,5)1(6)7/h1-10,18,20H,11-13H2;2*(H,6,7). The van der Waals surface area contributed by atoms with Crippen LogP contribution in [-0.2, 0) is 26.0 Å². The van der Waals surface area contributed by atoms with Crippen LogP contribution in [0.5, 0.6) is 0 Å². The number of benzene rings is 1. The van der Waals surface area contributed by atoms with Crippen LogP contribution in [0, 0.1) is 5.95 Å². The van der Waals surface area contributed by atoms with Crippen LogP contribution in [0.3, 0.4) is 0 Å². The predicted octanol–water partition coefficient (Wildman–Crippen LogP) is 4.30. The topological polar surface area (TPSA) is 138 Å². The molecule has 42 heavy (non-hydrogen) atoms. The third kappa shape index (κ3) is 7.79. The van der Waals surface area contributed by atoms with E-state index in [-0.39, 0.29) is 5.92 Å². The summed E-state index contributed by atoms with van der Waals surface area (Å²) in [4.78, 5) is 28.2. The zero-order valence-electron chi connectivity index (χ0n) is 21.0. The number of fused-ring (bicyclic) bond motifs is 3. The van der Waals surface area contributed by atoms with Gasteiger partial charge in [0.2, 0.25) is 5.95 Å². The Morgan fingerprint density at radius 2 is 1.50 bits per heavy atom. The van der Waals surface area contributed by atoms with E-state index in [2.05, 4.69) is 14.9 Å². The second kappa shape index (κ2) is 12.4. The Bertz CT molecular complexity index is 1510. The lowest BCUT2D eigenvalue weighted by molar-refractivity contribution is -0.193. The number of likely N-dealkylation sites (tertiary alicyclic amines) is 1. The van der Waals surface area contributed by atoms with Gasteiger partial charge in [-0.3, -0.25) is 9.88 Å². The summed E-state index contributed by atoms with van der Waals surface area (Å²) >= 11 is 0. The number of aromatic nitrogens is 2. The van der Waals surface area contributed by atoms with Gasteiger partial charge in [0.1, 0.15) is 0 Å². The first-order valence-corrected chi connectivity index (χ1v) is 13.2. The molecule has 0 spiro atoms. The summed E-state index contributed by atoms with van der Waals surface area (Å²) in [5.41, 5.74) is 3.56. The summed E-state index contributed by atoms with van der Waals surface area (Å²) in [7, 11) is -3.35. The summed E-state index contributed by atoms with van der Waals surface area (Å²) in [5, 5.41) is 13.8. The highest BCUT2D eigenvalue weighted by atomic mass is 32.2. The first-order valence-electron chi connectivity index (χ1n) is 11.6. The normalized spacial score (nSPS) is 18.9. The maximum atomic E-state index is 13.1. The minimum absolute atomic E-state index is 0.0509. The number of nitrogens with zero attached hydrogens (tertiary/aromatic N) is 3. The SMILES string of the molecule is O=C(O)C(F)(F)F.O=C(O)C(F)(F)F.O=S1(=O)c2ccc(-c3ccc(F)nc3)cc2C2CN(Cc3cccnc3)CC21. The molecule has 2 aromatic heterocycles. The van der Waals surface area contributed by atoms with Gasteiger partial charge in [-0.05, 0) is 47.0 Å². The predicted molar refractivity (Wildman–Crippen MR) is 130 cm³/mol. The number of rotatable bonds is 3. The number of pyridine rings is 2. The first-order chi connectivity index (χ1) is 19.4. The molecule has 226 valence electrons. The van der Waals surface area contributed by atoms with E-state index >= 15 is 0 Å². The Morgan fingerprint density at radius 3 is 2.00 bits per heavy atom. The number of hydrogen-bond acceptors (Lipinski definition) is 7. The van der Waals surface area contributed by atoms with Crippen molar-refractivity contribution in [1.29, 1.82) is 0 Å². The molecular weight excluding hydrogens is 603 g/mol. The van der Waals surface area contributed by atoms with Crippen molar-refractivity contribution < 1.29 is 59.0 Å². The van der Waals surface area contributed by atoms with Gasteiger partial charge < -0.3 is 10.2 Å². The maximum absolute atomic E-state index is 13.1. The van der Waals surface area contributed by atoms with E-state index in [1.54, 1.807) is 24.4 Å². The average Bonchev–Trinajstić information content (AvgIpc) is 3.41. The molecule has 17 heteroatoms.